The molecule has 2 aromatic carbocycles. The second-order valence-corrected chi connectivity index (χ2v) is 7.29. The summed E-state index contributed by atoms with van der Waals surface area (Å²) in [6, 6.07) is 14.9. The molecule has 7 heteroatoms. The first-order chi connectivity index (χ1) is 13.0. The highest BCUT2D eigenvalue weighted by Gasteiger charge is 2.16. The third-order valence-corrected chi connectivity index (χ3v) is 4.99. The van der Waals surface area contributed by atoms with Crippen molar-refractivity contribution in [2.75, 3.05) is 5.32 Å². The van der Waals surface area contributed by atoms with Gasteiger partial charge in [0, 0.05) is 12.3 Å². The SMILES string of the molecule is Cc1cccc(-n2ccc(=O)c(C(=O)Nc3nc4ccc(C)cc4s3)n2)c1. The van der Waals surface area contributed by atoms with Crippen LogP contribution in [0.25, 0.3) is 15.9 Å². The number of carbonyl (C=O) groups excluding carboxylic acids is 1. The molecular weight excluding hydrogens is 360 g/mol. The van der Waals surface area contributed by atoms with Crippen LogP contribution in [0.2, 0.25) is 0 Å². The quantitative estimate of drug-likeness (QED) is 0.591. The minimum atomic E-state index is -0.571. The lowest BCUT2D eigenvalue weighted by Crippen LogP contribution is -2.25. The molecule has 0 saturated carbocycles. The number of thiazole rings is 1. The van der Waals surface area contributed by atoms with Gasteiger partial charge in [0.2, 0.25) is 5.43 Å². The molecule has 0 aliphatic carbocycles. The van der Waals surface area contributed by atoms with Crippen LogP contribution in [0.4, 0.5) is 5.13 Å². The molecule has 6 nitrogen and oxygen atoms in total. The highest BCUT2D eigenvalue weighted by molar-refractivity contribution is 7.22. The molecule has 0 spiro atoms. The van der Waals surface area contributed by atoms with Gasteiger partial charge < -0.3 is 0 Å². The Kier molecular flexibility index (Phi) is 4.29. The van der Waals surface area contributed by atoms with Gasteiger partial charge in [-0.15, -0.1) is 0 Å². The smallest absolute Gasteiger partial charge is 0.281 e. The maximum atomic E-state index is 12.6. The molecule has 134 valence electrons. The Morgan fingerprint density at radius 1 is 1.07 bits per heavy atom. The normalized spacial score (nSPS) is 10.9. The third-order valence-electron chi connectivity index (χ3n) is 4.05. The Hall–Kier alpha value is -3.32. The average molecular weight is 376 g/mol. The number of amides is 1. The number of hydrogen-bond acceptors (Lipinski definition) is 5. The summed E-state index contributed by atoms with van der Waals surface area (Å²) in [5.74, 6) is -0.571. The summed E-state index contributed by atoms with van der Waals surface area (Å²) in [6.45, 7) is 3.97. The van der Waals surface area contributed by atoms with Crippen LogP contribution in [0, 0.1) is 13.8 Å². The van der Waals surface area contributed by atoms with Gasteiger partial charge in [0.25, 0.3) is 5.91 Å². The van der Waals surface area contributed by atoms with Gasteiger partial charge in [0.1, 0.15) is 0 Å². The summed E-state index contributed by atoms with van der Waals surface area (Å²) < 4.78 is 2.49. The van der Waals surface area contributed by atoms with Crippen LogP contribution in [0.15, 0.2) is 59.5 Å². The Balaban J connectivity index is 1.66. The summed E-state index contributed by atoms with van der Waals surface area (Å²) in [5, 5.41) is 7.35. The van der Waals surface area contributed by atoms with E-state index in [-0.39, 0.29) is 5.69 Å². The average Bonchev–Trinajstić information content (AvgIpc) is 3.03. The van der Waals surface area contributed by atoms with Gasteiger partial charge in [-0.25, -0.2) is 9.67 Å². The highest BCUT2D eigenvalue weighted by atomic mass is 32.1. The fourth-order valence-corrected chi connectivity index (χ4v) is 3.68. The van der Waals surface area contributed by atoms with Gasteiger partial charge in [0.15, 0.2) is 10.8 Å². The molecule has 4 rings (SSSR count). The number of aromatic nitrogens is 3. The molecule has 0 saturated heterocycles. The number of carbonyl (C=O) groups is 1. The Labute approximate surface area is 159 Å². The molecule has 2 aromatic heterocycles. The fourth-order valence-electron chi connectivity index (χ4n) is 2.72. The first-order valence-corrected chi connectivity index (χ1v) is 9.17. The number of anilines is 1. The van der Waals surface area contributed by atoms with E-state index >= 15 is 0 Å². The molecule has 1 N–H and O–H groups in total. The van der Waals surface area contributed by atoms with Crippen LogP contribution in [0.3, 0.4) is 0 Å². The van der Waals surface area contributed by atoms with Gasteiger partial charge in [-0.1, -0.05) is 29.5 Å². The zero-order chi connectivity index (χ0) is 19.0. The second-order valence-electron chi connectivity index (χ2n) is 6.26. The molecule has 0 atom stereocenters. The van der Waals surface area contributed by atoms with Gasteiger partial charge >= 0.3 is 0 Å². The standard InChI is InChI=1S/C20H16N4O2S/c1-12-4-3-5-14(10-12)24-9-8-16(25)18(23-24)19(26)22-20-21-15-7-6-13(2)11-17(15)27-20/h3-11H,1-2H3,(H,21,22,26). The van der Waals surface area contributed by atoms with Gasteiger partial charge in [0.05, 0.1) is 15.9 Å². The third kappa shape index (κ3) is 3.50. The van der Waals surface area contributed by atoms with E-state index in [1.54, 1.807) is 6.20 Å². The minimum Gasteiger partial charge on any atom is -0.296 e. The van der Waals surface area contributed by atoms with Crippen LogP contribution >= 0.6 is 11.3 Å². The van der Waals surface area contributed by atoms with Crippen LogP contribution in [0.1, 0.15) is 21.6 Å². The Morgan fingerprint density at radius 3 is 2.70 bits per heavy atom. The molecule has 4 aromatic rings. The number of fused-ring (bicyclic) bond motifs is 1. The number of nitrogens with one attached hydrogen (secondary N) is 1. The zero-order valence-electron chi connectivity index (χ0n) is 14.8. The van der Waals surface area contributed by atoms with Crippen LogP contribution in [-0.2, 0) is 0 Å². The Morgan fingerprint density at radius 2 is 1.89 bits per heavy atom. The molecule has 0 unspecified atom stereocenters. The van der Waals surface area contributed by atoms with E-state index in [1.807, 2.05) is 56.3 Å². The van der Waals surface area contributed by atoms with E-state index in [0.717, 1.165) is 27.0 Å². The highest BCUT2D eigenvalue weighted by Crippen LogP contribution is 2.26. The predicted molar refractivity (Wildman–Crippen MR) is 107 cm³/mol. The monoisotopic (exact) mass is 376 g/mol. The number of aryl methyl sites for hydroxylation is 2. The van der Waals surface area contributed by atoms with Crippen LogP contribution in [-0.4, -0.2) is 20.7 Å². The molecule has 1 amide bonds. The fraction of sp³-hybridized carbons (Fsp3) is 0.100. The van der Waals surface area contributed by atoms with E-state index in [0.29, 0.717) is 5.13 Å². The van der Waals surface area contributed by atoms with Crippen molar-refractivity contribution in [3.63, 3.8) is 0 Å². The van der Waals surface area contributed by atoms with Crippen molar-refractivity contribution >= 4 is 32.6 Å². The van der Waals surface area contributed by atoms with Gasteiger partial charge in [-0.3, -0.25) is 14.9 Å². The number of hydrogen-bond donors (Lipinski definition) is 1. The lowest BCUT2D eigenvalue weighted by atomic mass is 10.2. The topological polar surface area (TPSA) is 76.9 Å². The molecule has 0 aliphatic heterocycles. The molecule has 0 aliphatic rings. The van der Waals surface area contributed by atoms with Crippen molar-refractivity contribution in [3.05, 3.63) is 81.8 Å². The van der Waals surface area contributed by atoms with Crippen molar-refractivity contribution in [2.45, 2.75) is 13.8 Å². The minimum absolute atomic E-state index is 0.172. The first kappa shape index (κ1) is 17.1. The summed E-state index contributed by atoms with van der Waals surface area (Å²) >= 11 is 1.36. The summed E-state index contributed by atoms with van der Waals surface area (Å²) in [5.41, 5.74) is 3.15. The van der Waals surface area contributed by atoms with Crippen molar-refractivity contribution in [2.24, 2.45) is 0 Å². The van der Waals surface area contributed by atoms with Crippen molar-refractivity contribution in [1.29, 1.82) is 0 Å². The molecule has 0 fully saturated rings. The number of rotatable bonds is 3. The molecular formula is C20H16N4O2S. The van der Waals surface area contributed by atoms with E-state index in [4.69, 9.17) is 0 Å². The van der Waals surface area contributed by atoms with E-state index in [2.05, 4.69) is 15.4 Å². The molecule has 27 heavy (non-hydrogen) atoms. The molecule has 0 bridgehead atoms. The molecule has 0 radical (unpaired) electrons. The second kappa shape index (κ2) is 6.77. The van der Waals surface area contributed by atoms with E-state index in [9.17, 15) is 9.59 Å². The van der Waals surface area contributed by atoms with Gasteiger partial charge in [-0.2, -0.15) is 5.10 Å². The summed E-state index contributed by atoms with van der Waals surface area (Å²) in [7, 11) is 0. The summed E-state index contributed by atoms with van der Waals surface area (Å²) in [6.07, 6.45) is 1.55. The van der Waals surface area contributed by atoms with Crippen molar-refractivity contribution < 1.29 is 4.79 Å². The summed E-state index contributed by atoms with van der Waals surface area (Å²) in [4.78, 5) is 29.2. The van der Waals surface area contributed by atoms with Crippen LogP contribution in [0.5, 0.6) is 0 Å². The maximum Gasteiger partial charge on any atom is 0.281 e. The number of nitrogens with zero attached hydrogens (tertiary/aromatic N) is 3. The first-order valence-electron chi connectivity index (χ1n) is 8.35. The zero-order valence-corrected chi connectivity index (χ0v) is 15.6. The van der Waals surface area contributed by atoms with Gasteiger partial charge in [-0.05, 0) is 49.2 Å². The largest absolute Gasteiger partial charge is 0.296 e. The lowest BCUT2D eigenvalue weighted by molar-refractivity contribution is 0.101. The molecule has 2 heterocycles. The van der Waals surface area contributed by atoms with E-state index in [1.165, 1.54) is 22.1 Å². The predicted octanol–water partition coefficient (Wildman–Crippen LogP) is 3.71. The van der Waals surface area contributed by atoms with E-state index < -0.39 is 11.3 Å². The van der Waals surface area contributed by atoms with Crippen molar-refractivity contribution in [3.8, 4) is 5.69 Å². The maximum absolute atomic E-state index is 12.6. The Bertz CT molecular complexity index is 1230. The lowest BCUT2D eigenvalue weighted by Gasteiger charge is -2.07. The number of benzene rings is 2. The van der Waals surface area contributed by atoms with Crippen molar-refractivity contribution in [1.82, 2.24) is 14.8 Å². The van der Waals surface area contributed by atoms with Crippen LogP contribution < -0.4 is 10.7 Å².